The minimum atomic E-state index is 0. The lowest BCUT2D eigenvalue weighted by molar-refractivity contribution is 0.399. The van der Waals surface area contributed by atoms with Crippen molar-refractivity contribution in [3.63, 3.8) is 0 Å². The molecule has 0 unspecified atom stereocenters. The molecule has 4 aromatic rings. The van der Waals surface area contributed by atoms with Crippen molar-refractivity contribution in [2.24, 2.45) is 0 Å². The molecule has 0 spiro atoms. The van der Waals surface area contributed by atoms with Gasteiger partial charge in [0.15, 0.2) is 0 Å². The van der Waals surface area contributed by atoms with Crippen molar-refractivity contribution >= 4 is 0 Å². The fourth-order valence-electron chi connectivity index (χ4n) is 2.64. The van der Waals surface area contributed by atoms with E-state index in [4.69, 9.17) is 5.11 Å². The fourth-order valence-corrected chi connectivity index (χ4v) is 2.64. The summed E-state index contributed by atoms with van der Waals surface area (Å²) in [5, 5.41) is 7.00. The molecule has 0 bridgehead atoms. The monoisotopic (exact) mass is 524 g/mol. The SMILES string of the molecule is C.C.C.C.CO.Cc1ccc(C)cc1.Cc1cccc(C)c1.Cc1ccccc1.Cc1ccccc1C.O. The first-order valence-electron chi connectivity index (χ1n) is 11.3. The van der Waals surface area contributed by atoms with Crippen LogP contribution in [0, 0.1) is 48.5 Å². The second-order valence-electron chi connectivity index (χ2n) is 8.05. The summed E-state index contributed by atoms with van der Waals surface area (Å²) in [6.07, 6.45) is 0. The predicted molar refractivity (Wildman–Crippen MR) is 178 cm³/mol. The Balaban J connectivity index is -0.0000000843. The van der Waals surface area contributed by atoms with Crippen molar-refractivity contribution in [2.75, 3.05) is 7.11 Å². The van der Waals surface area contributed by atoms with E-state index in [1.807, 2.05) is 18.2 Å². The quantitative estimate of drug-likeness (QED) is 0.244. The number of benzene rings is 4. The summed E-state index contributed by atoms with van der Waals surface area (Å²) in [4.78, 5) is 0. The molecule has 216 valence electrons. The molecule has 3 N–H and O–H groups in total. The van der Waals surface area contributed by atoms with Gasteiger partial charge < -0.3 is 10.6 Å². The van der Waals surface area contributed by atoms with Crippen LogP contribution in [0.15, 0.2) is 103 Å². The highest BCUT2D eigenvalue weighted by atomic mass is 16.2. The number of aryl methyl sites for hydroxylation is 7. The molecule has 0 saturated heterocycles. The Labute approximate surface area is 237 Å². The Morgan fingerprint density at radius 3 is 0.816 bits per heavy atom. The third-order valence-electron chi connectivity index (χ3n) is 4.76. The largest absolute Gasteiger partial charge is 0.412 e. The molecule has 0 aliphatic carbocycles. The molecule has 2 heteroatoms. The van der Waals surface area contributed by atoms with Crippen LogP contribution >= 0.6 is 0 Å². The average molecular weight is 525 g/mol. The van der Waals surface area contributed by atoms with Crippen molar-refractivity contribution in [1.29, 1.82) is 0 Å². The number of hydrogen-bond donors (Lipinski definition) is 1. The van der Waals surface area contributed by atoms with E-state index in [9.17, 15) is 0 Å². The molecule has 38 heavy (non-hydrogen) atoms. The van der Waals surface area contributed by atoms with E-state index in [0.29, 0.717) is 0 Å². The molecule has 0 saturated carbocycles. The minimum absolute atomic E-state index is 0. The predicted octanol–water partition coefficient (Wildman–Crippen LogP) is 10.2. The van der Waals surface area contributed by atoms with Crippen molar-refractivity contribution in [3.05, 3.63) is 142 Å². The second-order valence-corrected chi connectivity index (χ2v) is 8.05. The molecule has 0 aliphatic heterocycles. The highest BCUT2D eigenvalue weighted by Gasteiger charge is 1.84. The van der Waals surface area contributed by atoms with Crippen LogP contribution in [0.5, 0.6) is 0 Å². The molecule has 4 aromatic carbocycles. The van der Waals surface area contributed by atoms with Crippen molar-refractivity contribution in [1.82, 2.24) is 0 Å². The van der Waals surface area contributed by atoms with Gasteiger partial charge >= 0.3 is 0 Å². The van der Waals surface area contributed by atoms with Gasteiger partial charge in [-0.25, -0.2) is 0 Å². The standard InChI is InChI=1S/3C8H10.C7H8.CH4O.4CH4.H2O/c1-7-3-5-8(2)6-4-7;1-7-4-3-5-8(2)6-7;1-7-5-3-4-6-8(7)2;1-7-5-3-2-4-6-7;1-2;;;;;/h3*3-6H,1-2H3;2-6H,1H3;2H,1H3;4*1H4;1H2. The summed E-state index contributed by atoms with van der Waals surface area (Å²) in [6, 6.07) is 35.5. The molecule has 0 aromatic heterocycles. The van der Waals surface area contributed by atoms with Crippen LogP contribution in [-0.2, 0) is 0 Å². The first-order valence-corrected chi connectivity index (χ1v) is 11.3. The zero-order chi connectivity index (χ0) is 25.1. The van der Waals surface area contributed by atoms with E-state index in [0.717, 1.165) is 7.11 Å². The molecule has 0 atom stereocenters. The number of rotatable bonds is 0. The Morgan fingerprint density at radius 2 is 0.605 bits per heavy atom. The highest BCUT2D eigenvalue weighted by Crippen LogP contribution is 2.03. The van der Waals surface area contributed by atoms with E-state index < -0.39 is 0 Å². The van der Waals surface area contributed by atoms with Gasteiger partial charge in [0.05, 0.1) is 0 Å². The van der Waals surface area contributed by atoms with Gasteiger partial charge in [-0.05, 0) is 59.6 Å². The van der Waals surface area contributed by atoms with Gasteiger partial charge in [-0.2, -0.15) is 0 Å². The Kier molecular flexibility index (Phi) is 37.9. The molecule has 0 aliphatic rings. The average Bonchev–Trinajstić information content (AvgIpc) is 2.81. The molecular weight excluding hydrogens is 464 g/mol. The maximum Gasteiger partial charge on any atom is 0.0319 e. The lowest BCUT2D eigenvalue weighted by atomic mass is 10.1. The van der Waals surface area contributed by atoms with Gasteiger partial charge in [-0.1, -0.05) is 161 Å². The van der Waals surface area contributed by atoms with E-state index in [1.165, 1.54) is 38.9 Å². The lowest BCUT2D eigenvalue weighted by Gasteiger charge is -1.93. The normalized spacial score (nSPS) is 7.61. The third-order valence-corrected chi connectivity index (χ3v) is 4.76. The van der Waals surface area contributed by atoms with Gasteiger partial charge in [-0.15, -0.1) is 0 Å². The van der Waals surface area contributed by atoms with Crippen LogP contribution in [0.3, 0.4) is 0 Å². The Bertz CT molecular complexity index is 932. The van der Waals surface area contributed by atoms with Crippen LogP contribution in [0.4, 0.5) is 0 Å². The number of hydrogen-bond acceptors (Lipinski definition) is 1. The highest BCUT2D eigenvalue weighted by molar-refractivity contribution is 5.23. The van der Waals surface area contributed by atoms with Gasteiger partial charge in [0.1, 0.15) is 0 Å². The summed E-state index contributed by atoms with van der Waals surface area (Å²) < 4.78 is 0. The van der Waals surface area contributed by atoms with E-state index in [-0.39, 0.29) is 35.2 Å². The smallest absolute Gasteiger partial charge is 0.0319 e. The van der Waals surface area contributed by atoms with Crippen molar-refractivity contribution in [2.45, 2.75) is 78.2 Å². The first-order chi connectivity index (χ1) is 15.8. The molecular formula is C36H60O2. The zero-order valence-electron chi connectivity index (χ0n) is 22.3. The molecule has 0 radical (unpaired) electrons. The maximum atomic E-state index is 7.00. The summed E-state index contributed by atoms with van der Waals surface area (Å²) >= 11 is 0. The molecule has 0 fully saturated rings. The van der Waals surface area contributed by atoms with E-state index in [2.05, 4.69) is 133 Å². The number of aliphatic hydroxyl groups excluding tert-OH is 1. The van der Waals surface area contributed by atoms with Crippen LogP contribution in [0.25, 0.3) is 0 Å². The molecule has 0 amide bonds. The molecule has 2 nitrogen and oxygen atoms in total. The second kappa shape index (κ2) is 30.0. The lowest BCUT2D eigenvalue weighted by Crippen LogP contribution is -1.74. The Hall–Kier alpha value is -3.20. The maximum absolute atomic E-state index is 7.00. The van der Waals surface area contributed by atoms with Crippen molar-refractivity contribution < 1.29 is 10.6 Å². The third kappa shape index (κ3) is 25.9. The van der Waals surface area contributed by atoms with Gasteiger partial charge in [0.2, 0.25) is 0 Å². The van der Waals surface area contributed by atoms with Gasteiger partial charge in [0.25, 0.3) is 0 Å². The summed E-state index contributed by atoms with van der Waals surface area (Å²) in [7, 11) is 1.00. The summed E-state index contributed by atoms with van der Waals surface area (Å²) in [6.45, 7) is 14.7. The topological polar surface area (TPSA) is 51.7 Å². The zero-order valence-corrected chi connectivity index (χ0v) is 22.3. The Morgan fingerprint density at radius 1 is 0.342 bits per heavy atom. The molecule has 4 rings (SSSR count). The van der Waals surface area contributed by atoms with Crippen LogP contribution in [0.1, 0.15) is 68.7 Å². The summed E-state index contributed by atoms with van der Waals surface area (Å²) in [5.41, 5.74) is 9.39. The first kappa shape index (κ1) is 47.9. The summed E-state index contributed by atoms with van der Waals surface area (Å²) in [5.74, 6) is 0. The van der Waals surface area contributed by atoms with E-state index >= 15 is 0 Å². The fraction of sp³-hybridized carbons (Fsp3) is 0.333. The van der Waals surface area contributed by atoms with Gasteiger partial charge in [-0.3, -0.25) is 0 Å². The van der Waals surface area contributed by atoms with Crippen molar-refractivity contribution in [3.8, 4) is 0 Å². The minimum Gasteiger partial charge on any atom is -0.412 e. The van der Waals surface area contributed by atoms with E-state index in [1.54, 1.807) is 0 Å². The number of aliphatic hydroxyl groups is 1. The van der Waals surface area contributed by atoms with Crippen LogP contribution in [-0.4, -0.2) is 17.7 Å². The van der Waals surface area contributed by atoms with Gasteiger partial charge in [0, 0.05) is 7.11 Å². The van der Waals surface area contributed by atoms with Crippen LogP contribution in [0.2, 0.25) is 0 Å². The molecule has 0 heterocycles. The van der Waals surface area contributed by atoms with Crippen LogP contribution < -0.4 is 0 Å².